The molecule has 0 amide bonds. The fraction of sp³-hybridized carbons (Fsp3) is 0.625. The molecule has 1 nitrogen and oxygen atoms in total. The molecule has 0 radical (unpaired) electrons. The van der Waals surface area contributed by atoms with Gasteiger partial charge in [-0.15, -0.1) is 11.8 Å². The SMILES string of the molecule is Cc1ccc(SCC2CCCC2)c(CC(C)N)c1. The first-order valence-electron chi connectivity index (χ1n) is 7.13. The Morgan fingerprint density at radius 1 is 1.33 bits per heavy atom. The van der Waals surface area contributed by atoms with Gasteiger partial charge in [-0.3, -0.25) is 0 Å². The van der Waals surface area contributed by atoms with E-state index in [0.717, 1.165) is 12.3 Å². The van der Waals surface area contributed by atoms with Crippen LogP contribution in [0.2, 0.25) is 0 Å². The molecular formula is C16H25NS. The summed E-state index contributed by atoms with van der Waals surface area (Å²) in [5.41, 5.74) is 8.73. The Hall–Kier alpha value is -0.470. The van der Waals surface area contributed by atoms with Crippen molar-refractivity contribution in [2.24, 2.45) is 11.7 Å². The van der Waals surface area contributed by atoms with E-state index in [2.05, 4.69) is 32.0 Å². The summed E-state index contributed by atoms with van der Waals surface area (Å²) in [5.74, 6) is 2.23. The van der Waals surface area contributed by atoms with Crippen molar-refractivity contribution >= 4 is 11.8 Å². The molecule has 0 aliphatic heterocycles. The standard InChI is InChI=1S/C16H25NS/c1-12-7-8-16(15(9-12)10-13(2)17)18-11-14-5-3-4-6-14/h7-9,13-14H,3-6,10-11,17H2,1-2H3. The summed E-state index contributed by atoms with van der Waals surface area (Å²) in [6.45, 7) is 4.25. The van der Waals surface area contributed by atoms with E-state index in [1.807, 2.05) is 11.8 Å². The zero-order chi connectivity index (χ0) is 13.0. The molecule has 1 aliphatic carbocycles. The summed E-state index contributed by atoms with van der Waals surface area (Å²) < 4.78 is 0. The van der Waals surface area contributed by atoms with Crippen LogP contribution in [0.4, 0.5) is 0 Å². The van der Waals surface area contributed by atoms with Gasteiger partial charge in [0.15, 0.2) is 0 Å². The van der Waals surface area contributed by atoms with E-state index in [4.69, 9.17) is 5.73 Å². The maximum Gasteiger partial charge on any atom is 0.0105 e. The lowest BCUT2D eigenvalue weighted by molar-refractivity contribution is 0.623. The molecule has 100 valence electrons. The Balaban J connectivity index is 2.00. The number of nitrogens with two attached hydrogens (primary N) is 1. The Labute approximate surface area is 116 Å². The molecule has 0 saturated heterocycles. The molecule has 1 unspecified atom stereocenters. The lowest BCUT2D eigenvalue weighted by atomic mass is 10.1. The maximum absolute atomic E-state index is 5.95. The second-order valence-corrected chi connectivity index (χ2v) is 6.82. The largest absolute Gasteiger partial charge is 0.328 e. The van der Waals surface area contributed by atoms with Gasteiger partial charge in [0.05, 0.1) is 0 Å². The first kappa shape index (κ1) is 14.0. The van der Waals surface area contributed by atoms with Crippen LogP contribution >= 0.6 is 11.8 Å². The van der Waals surface area contributed by atoms with E-state index < -0.39 is 0 Å². The van der Waals surface area contributed by atoms with Crippen molar-refractivity contribution in [3.8, 4) is 0 Å². The summed E-state index contributed by atoms with van der Waals surface area (Å²) in [6.07, 6.45) is 6.73. The maximum atomic E-state index is 5.95. The van der Waals surface area contributed by atoms with Crippen molar-refractivity contribution in [3.63, 3.8) is 0 Å². The van der Waals surface area contributed by atoms with E-state index in [-0.39, 0.29) is 6.04 Å². The summed E-state index contributed by atoms with van der Waals surface area (Å²) in [6, 6.07) is 7.06. The van der Waals surface area contributed by atoms with Crippen molar-refractivity contribution in [1.29, 1.82) is 0 Å². The molecular weight excluding hydrogens is 238 g/mol. The number of hydrogen-bond donors (Lipinski definition) is 1. The van der Waals surface area contributed by atoms with Gasteiger partial charge in [0.2, 0.25) is 0 Å². The Kier molecular flexibility index (Phi) is 5.13. The second-order valence-electron chi connectivity index (χ2n) is 5.75. The van der Waals surface area contributed by atoms with Crippen LogP contribution in [0.1, 0.15) is 43.7 Å². The average Bonchev–Trinajstić information content (AvgIpc) is 2.80. The number of aryl methyl sites for hydroxylation is 1. The molecule has 2 N–H and O–H groups in total. The molecule has 18 heavy (non-hydrogen) atoms. The van der Waals surface area contributed by atoms with Crippen LogP contribution in [-0.2, 0) is 6.42 Å². The van der Waals surface area contributed by atoms with E-state index in [9.17, 15) is 0 Å². The smallest absolute Gasteiger partial charge is 0.0105 e. The van der Waals surface area contributed by atoms with Gasteiger partial charge in [0.25, 0.3) is 0 Å². The van der Waals surface area contributed by atoms with Crippen LogP contribution in [0.5, 0.6) is 0 Å². The molecule has 1 atom stereocenters. The monoisotopic (exact) mass is 263 g/mol. The minimum atomic E-state index is 0.248. The zero-order valence-corrected chi connectivity index (χ0v) is 12.4. The Bertz CT molecular complexity index is 381. The second kappa shape index (κ2) is 6.63. The van der Waals surface area contributed by atoms with Crippen LogP contribution in [-0.4, -0.2) is 11.8 Å². The van der Waals surface area contributed by atoms with E-state index in [1.54, 1.807) is 0 Å². The number of thioether (sulfide) groups is 1. The molecule has 0 heterocycles. The molecule has 0 bridgehead atoms. The topological polar surface area (TPSA) is 26.0 Å². The zero-order valence-electron chi connectivity index (χ0n) is 11.6. The molecule has 1 aromatic rings. The van der Waals surface area contributed by atoms with Gasteiger partial charge in [-0.25, -0.2) is 0 Å². The van der Waals surface area contributed by atoms with E-state index >= 15 is 0 Å². The predicted octanol–water partition coefficient (Wildman–Crippen LogP) is 4.17. The molecule has 1 fully saturated rings. The van der Waals surface area contributed by atoms with Crippen LogP contribution in [0.3, 0.4) is 0 Å². The summed E-state index contributed by atoms with van der Waals surface area (Å²) in [7, 11) is 0. The Morgan fingerprint density at radius 2 is 2.06 bits per heavy atom. The van der Waals surface area contributed by atoms with Gasteiger partial charge in [-0.05, 0) is 50.7 Å². The minimum Gasteiger partial charge on any atom is -0.328 e. The highest BCUT2D eigenvalue weighted by Gasteiger charge is 2.16. The number of hydrogen-bond acceptors (Lipinski definition) is 2. The molecule has 2 rings (SSSR count). The lowest BCUT2D eigenvalue weighted by Crippen LogP contribution is -2.18. The molecule has 0 aromatic heterocycles. The van der Waals surface area contributed by atoms with Gasteiger partial charge >= 0.3 is 0 Å². The van der Waals surface area contributed by atoms with Crippen molar-refractivity contribution in [2.45, 2.75) is 56.9 Å². The number of rotatable bonds is 5. The first-order valence-corrected chi connectivity index (χ1v) is 8.11. The van der Waals surface area contributed by atoms with Gasteiger partial charge in [-0.2, -0.15) is 0 Å². The van der Waals surface area contributed by atoms with Gasteiger partial charge < -0.3 is 5.73 Å². The van der Waals surface area contributed by atoms with Crippen LogP contribution in [0, 0.1) is 12.8 Å². The fourth-order valence-electron chi connectivity index (χ4n) is 2.74. The lowest BCUT2D eigenvalue weighted by Gasteiger charge is -2.14. The molecule has 0 spiro atoms. The quantitative estimate of drug-likeness (QED) is 0.807. The summed E-state index contributed by atoms with van der Waals surface area (Å²) in [5, 5.41) is 0. The summed E-state index contributed by atoms with van der Waals surface area (Å²) >= 11 is 2.04. The third-order valence-electron chi connectivity index (χ3n) is 3.71. The van der Waals surface area contributed by atoms with Gasteiger partial charge in [0, 0.05) is 16.7 Å². The third kappa shape index (κ3) is 4.03. The fourth-order valence-corrected chi connectivity index (χ4v) is 3.98. The van der Waals surface area contributed by atoms with E-state index in [1.165, 1.54) is 47.5 Å². The molecule has 2 heteroatoms. The highest BCUT2D eigenvalue weighted by Crippen LogP contribution is 2.32. The van der Waals surface area contributed by atoms with E-state index in [0.29, 0.717) is 0 Å². The first-order chi connectivity index (χ1) is 8.65. The number of benzene rings is 1. The van der Waals surface area contributed by atoms with Gasteiger partial charge in [0.1, 0.15) is 0 Å². The normalized spacial score (nSPS) is 18.2. The van der Waals surface area contributed by atoms with Crippen molar-refractivity contribution in [3.05, 3.63) is 29.3 Å². The average molecular weight is 263 g/mol. The summed E-state index contributed by atoms with van der Waals surface area (Å²) in [4.78, 5) is 1.45. The highest BCUT2D eigenvalue weighted by molar-refractivity contribution is 7.99. The predicted molar refractivity (Wildman–Crippen MR) is 81.2 cm³/mol. The molecule has 1 aliphatic rings. The Morgan fingerprint density at radius 3 is 2.72 bits per heavy atom. The van der Waals surface area contributed by atoms with Crippen molar-refractivity contribution in [2.75, 3.05) is 5.75 Å². The van der Waals surface area contributed by atoms with Crippen LogP contribution < -0.4 is 5.73 Å². The van der Waals surface area contributed by atoms with Crippen LogP contribution in [0.15, 0.2) is 23.1 Å². The highest BCUT2D eigenvalue weighted by atomic mass is 32.2. The third-order valence-corrected chi connectivity index (χ3v) is 5.05. The van der Waals surface area contributed by atoms with Crippen molar-refractivity contribution < 1.29 is 0 Å². The van der Waals surface area contributed by atoms with Crippen molar-refractivity contribution in [1.82, 2.24) is 0 Å². The van der Waals surface area contributed by atoms with Crippen LogP contribution in [0.25, 0.3) is 0 Å². The minimum absolute atomic E-state index is 0.248. The molecule has 1 aromatic carbocycles. The molecule has 1 saturated carbocycles. The van der Waals surface area contributed by atoms with Gasteiger partial charge in [-0.1, -0.05) is 30.5 Å².